The second-order valence-electron chi connectivity index (χ2n) is 10.7. The minimum atomic E-state index is -0.519. The zero-order chi connectivity index (χ0) is 22.4. The first kappa shape index (κ1) is 27.0. The molecule has 0 radical (unpaired) electrons. The van der Waals surface area contributed by atoms with Crippen molar-refractivity contribution in [2.45, 2.75) is 77.0 Å². The third kappa shape index (κ3) is 11.0. The summed E-state index contributed by atoms with van der Waals surface area (Å²) in [6, 6.07) is 0. The molecule has 0 spiro atoms. The summed E-state index contributed by atoms with van der Waals surface area (Å²) < 4.78 is 0. The van der Waals surface area contributed by atoms with Crippen molar-refractivity contribution < 1.29 is 10.2 Å². The lowest BCUT2D eigenvalue weighted by Crippen LogP contribution is -2.50. The molecule has 4 N–H and O–H groups in total. The molecule has 0 amide bonds. The predicted molar refractivity (Wildman–Crippen MR) is 130 cm³/mol. The lowest BCUT2D eigenvalue weighted by molar-refractivity contribution is 0.0480. The summed E-state index contributed by atoms with van der Waals surface area (Å²) >= 11 is 0. The van der Waals surface area contributed by atoms with Crippen molar-refractivity contribution in [3.05, 3.63) is 0 Å². The first-order chi connectivity index (χ1) is 15.1. The minimum Gasteiger partial charge on any atom is -0.396 e. The zero-order valence-electron chi connectivity index (χ0n) is 20.6. The van der Waals surface area contributed by atoms with Gasteiger partial charge < -0.3 is 20.8 Å². The predicted octanol–water partition coefficient (Wildman–Crippen LogP) is 2.86. The summed E-state index contributed by atoms with van der Waals surface area (Å²) in [5, 5.41) is 26.9. The molecule has 2 fully saturated rings. The fourth-order valence-electron chi connectivity index (χ4n) is 5.28. The molecule has 2 aliphatic carbocycles. The lowest BCUT2D eigenvalue weighted by Gasteiger charge is -2.32. The van der Waals surface area contributed by atoms with Crippen LogP contribution in [0.5, 0.6) is 0 Å². The molecule has 2 aliphatic rings. The summed E-state index contributed by atoms with van der Waals surface area (Å²) in [5.41, 5.74) is -0.519. The Morgan fingerprint density at radius 3 is 1.42 bits per heavy atom. The van der Waals surface area contributed by atoms with Crippen LogP contribution < -0.4 is 10.6 Å². The highest BCUT2D eigenvalue weighted by atomic mass is 16.3. The topological polar surface area (TPSA) is 71.0 Å². The van der Waals surface area contributed by atoms with Gasteiger partial charge in [0.15, 0.2) is 0 Å². The van der Waals surface area contributed by atoms with Crippen LogP contribution in [0, 0.1) is 17.3 Å². The van der Waals surface area contributed by atoms with E-state index in [0.29, 0.717) is 13.1 Å². The highest BCUT2D eigenvalue weighted by Crippen LogP contribution is 2.27. The van der Waals surface area contributed by atoms with Crippen molar-refractivity contribution in [3.8, 4) is 0 Å². The van der Waals surface area contributed by atoms with Crippen LogP contribution in [0.4, 0.5) is 0 Å². The minimum absolute atomic E-state index is 0.0128. The van der Waals surface area contributed by atoms with Crippen molar-refractivity contribution in [2.24, 2.45) is 17.3 Å². The van der Waals surface area contributed by atoms with Crippen molar-refractivity contribution in [2.75, 3.05) is 66.8 Å². The molecule has 2 rings (SSSR count). The molecule has 184 valence electrons. The van der Waals surface area contributed by atoms with E-state index in [0.717, 1.165) is 38.3 Å². The van der Waals surface area contributed by atoms with Gasteiger partial charge >= 0.3 is 0 Å². The molecule has 0 aromatic carbocycles. The number of aliphatic hydroxyl groups excluding tert-OH is 2. The molecule has 6 nitrogen and oxygen atoms in total. The lowest BCUT2D eigenvalue weighted by atomic mass is 9.87. The normalized spacial score (nSPS) is 19.5. The summed E-state index contributed by atoms with van der Waals surface area (Å²) in [6.07, 6.45) is 16.7. The monoisotopic (exact) mass is 440 g/mol. The van der Waals surface area contributed by atoms with Crippen LogP contribution in [0.15, 0.2) is 0 Å². The Morgan fingerprint density at radius 1 is 0.677 bits per heavy atom. The van der Waals surface area contributed by atoms with Gasteiger partial charge in [0.2, 0.25) is 0 Å². The Balaban J connectivity index is 1.58. The molecule has 31 heavy (non-hydrogen) atoms. The van der Waals surface area contributed by atoms with Gasteiger partial charge in [-0.1, -0.05) is 64.2 Å². The highest BCUT2D eigenvalue weighted by molar-refractivity contribution is 4.83. The third-order valence-corrected chi connectivity index (χ3v) is 7.72. The fraction of sp³-hybridized carbons (Fsp3) is 1.00. The maximum atomic E-state index is 9.99. The molecule has 0 aromatic heterocycles. The van der Waals surface area contributed by atoms with Crippen LogP contribution >= 0.6 is 0 Å². The SMILES string of the molecule is CN(CCC1CCCCC1)CNCC(CO)(CO)CNCN(C)CCC1CCCCC1. The van der Waals surface area contributed by atoms with Gasteiger partial charge in [-0.2, -0.15) is 0 Å². The van der Waals surface area contributed by atoms with E-state index in [4.69, 9.17) is 0 Å². The fourth-order valence-corrected chi connectivity index (χ4v) is 5.28. The second-order valence-corrected chi connectivity index (χ2v) is 10.7. The van der Waals surface area contributed by atoms with Crippen LogP contribution in [0.3, 0.4) is 0 Å². The first-order valence-corrected chi connectivity index (χ1v) is 13.1. The number of nitrogens with zero attached hydrogens (tertiary/aromatic N) is 2. The molecule has 0 bridgehead atoms. The van der Waals surface area contributed by atoms with Gasteiger partial charge in [-0.05, 0) is 51.9 Å². The Kier molecular flexibility index (Phi) is 13.6. The van der Waals surface area contributed by atoms with Gasteiger partial charge in [0.1, 0.15) is 0 Å². The Hall–Kier alpha value is -0.240. The smallest absolute Gasteiger partial charge is 0.0534 e. The van der Waals surface area contributed by atoms with Crippen LogP contribution in [0.2, 0.25) is 0 Å². The quantitative estimate of drug-likeness (QED) is 0.277. The van der Waals surface area contributed by atoms with E-state index in [1.807, 2.05) is 0 Å². The summed E-state index contributed by atoms with van der Waals surface area (Å²) in [7, 11) is 4.32. The van der Waals surface area contributed by atoms with E-state index in [-0.39, 0.29) is 13.2 Å². The zero-order valence-corrected chi connectivity index (χ0v) is 20.6. The third-order valence-electron chi connectivity index (χ3n) is 7.72. The summed E-state index contributed by atoms with van der Waals surface area (Å²) in [6.45, 7) is 5.05. The first-order valence-electron chi connectivity index (χ1n) is 13.1. The number of aliphatic hydroxyl groups is 2. The Morgan fingerprint density at radius 2 is 1.06 bits per heavy atom. The van der Waals surface area contributed by atoms with E-state index < -0.39 is 5.41 Å². The van der Waals surface area contributed by atoms with Crippen LogP contribution in [-0.4, -0.2) is 86.8 Å². The standard InChI is InChI=1S/C25H52N4O2/c1-28(15-13-23-9-5-3-6-10-23)21-26-17-25(19-30,20-31)18-27-22-29(2)16-14-24-11-7-4-8-12-24/h23-24,26-27,30-31H,3-22H2,1-2H3. The van der Waals surface area contributed by atoms with Crippen molar-refractivity contribution in [1.82, 2.24) is 20.4 Å². The van der Waals surface area contributed by atoms with Gasteiger partial charge in [0.25, 0.3) is 0 Å². The Labute approximate surface area is 192 Å². The van der Waals surface area contributed by atoms with E-state index in [1.54, 1.807) is 0 Å². The van der Waals surface area contributed by atoms with Gasteiger partial charge in [-0.3, -0.25) is 9.80 Å². The van der Waals surface area contributed by atoms with Gasteiger partial charge in [0, 0.05) is 31.8 Å². The summed E-state index contributed by atoms with van der Waals surface area (Å²) in [5.74, 6) is 1.81. The Bertz CT molecular complexity index is 399. The van der Waals surface area contributed by atoms with Crippen LogP contribution in [0.25, 0.3) is 0 Å². The van der Waals surface area contributed by atoms with Gasteiger partial charge in [-0.15, -0.1) is 0 Å². The van der Waals surface area contributed by atoms with Gasteiger partial charge in [-0.25, -0.2) is 0 Å². The molecule has 0 heterocycles. The molecule has 0 aliphatic heterocycles. The molecule has 0 atom stereocenters. The highest BCUT2D eigenvalue weighted by Gasteiger charge is 2.28. The number of rotatable bonds is 16. The van der Waals surface area contributed by atoms with E-state index in [1.165, 1.54) is 77.0 Å². The summed E-state index contributed by atoms with van der Waals surface area (Å²) in [4.78, 5) is 4.67. The average molecular weight is 441 g/mol. The largest absolute Gasteiger partial charge is 0.396 e. The van der Waals surface area contributed by atoms with Crippen LogP contribution in [-0.2, 0) is 0 Å². The van der Waals surface area contributed by atoms with Gasteiger partial charge in [0.05, 0.1) is 13.2 Å². The second kappa shape index (κ2) is 15.6. The van der Waals surface area contributed by atoms with E-state index in [9.17, 15) is 10.2 Å². The molecular weight excluding hydrogens is 388 g/mol. The molecular formula is C25H52N4O2. The number of hydrogen-bond acceptors (Lipinski definition) is 6. The van der Waals surface area contributed by atoms with E-state index in [2.05, 4.69) is 34.5 Å². The molecule has 0 unspecified atom stereocenters. The maximum absolute atomic E-state index is 9.99. The number of hydrogen-bond donors (Lipinski definition) is 4. The van der Waals surface area contributed by atoms with Crippen molar-refractivity contribution in [3.63, 3.8) is 0 Å². The van der Waals surface area contributed by atoms with Crippen molar-refractivity contribution >= 4 is 0 Å². The molecule has 6 heteroatoms. The number of nitrogens with one attached hydrogen (secondary N) is 2. The van der Waals surface area contributed by atoms with Crippen molar-refractivity contribution in [1.29, 1.82) is 0 Å². The average Bonchev–Trinajstić information content (AvgIpc) is 2.82. The molecule has 2 saturated carbocycles. The van der Waals surface area contributed by atoms with E-state index >= 15 is 0 Å². The molecule has 0 saturated heterocycles. The maximum Gasteiger partial charge on any atom is 0.0534 e. The molecule has 0 aromatic rings. The van der Waals surface area contributed by atoms with Crippen LogP contribution in [0.1, 0.15) is 77.0 Å².